The standard InChI is InChI=1S/C24H33N5O2/c1-20-8-5-6-15-28(20)16-7-12-27-23(30)11-17-29(19-21-9-3-2-4-10-21)24(31)22-18-25-13-14-26-22/h2-4,9-10,13-14,18,20H,5-8,11-12,15-17,19H2,1H3,(H,27,30)/t20-/m1/s1. The maximum Gasteiger partial charge on any atom is 0.274 e. The van der Waals surface area contributed by atoms with Gasteiger partial charge >= 0.3 is 0 Å². The number of rotatable bonds is 10. The summed E-state index contributed by atoms with van der Waals surface area (Å²) in [7, 11) is 0. The van der Waals surface area contributed by atoms with Crippen LogP contribution in [-0.4, -0.2) is 63.8 Å². The highest BCUT2D eigenvalue weighted by molar-refractivity contribution is 5.92. The summed E-state index contributed by atoms with van der Waals surface area (Å²) >= 11 is 0. The molecule has 7 nitrogen and oxygen atoms in total. The zero-order valence-electron chi connectivity index (χ0n) is 18.4. The summed E-state index contributed by atoms with van der Waals surface area (Å²) in [5.41, 5.74) is 1.30. The molecule has 1 N–H and O–H groups in total. The van der Waals surface area contributed by atoms with Crippen LogP contribution in [0.5, 0.6) is 0 Å². The predicted molar refractivity (Wildman–Crippen MR) is 120 cm³/mol. The molecule has 31 heavy (non-hydrogen) atoms. The minimum absolute atomic E-state index is 0.0308. The Balaban J connectivity index is 1.47. The number of nitrogens with zero attached hydrogens (tertiary/aromatic N) is 4. The van der Waals surface area contributed by atoms with Gasteiger partial charge in [-0.3, -0.25) is 14.6 Å². The minimum Gasteiger partial charge on any atom is -0.356 e. The van der Waals surface area contributed by atoms with E-state index in [9.17, 15) is 9.59 Å². The number of carbonyl (C=O) groups excluding carboxylic acids is 2. The minimum atomic E-state index is -0.219. The van der Waals surface area contributed by atoms with Crippen LogP contribution >= 0.6 is 0 Å². The average Bonchev–Trinajstić information content (AvgIpc) is 2.81. The summed E-state index contributed by atoms with van der Waals surface area (Å²) in [5, 5.41) is 3.00. The first-order valence-electron chi connectivity index (χ1n) is 11.2. The SMILES string of the molecule is C[C@@H]1CCCCN1CCCNC(=O)CCN(Cc1ccccc1)C(=O)c1cnccn1. The van der Waals surface area contributed by atoms with E-state index in [1.54, 1.807) is 4.90 Å². The predicted octanol–water partition coefficient (Wildman–Crippen LogP) is 2.89. The molecular weight excluding hydrogens is 390 g/mol. The van der Waals surface area contributed by atoms with Crippen molar-refractivity contribution in [3.05, 3.63) is 60.2 Å². The first-order chi connectivity index (χ1) is 15.1. The highest BCUT2D eigenvalue weighted by Crippen LogP contribution is 2.16. The number of carbonyl (C=O) groups is 2. The van der Waals surface area contributed by atoms with Gasteiger partial charge in [-0.05, 0) is 38.3 Å². The molecule has 0 spiro atoms. The molecule has 1 fully saturated rings. The highest BCUT2D eigenvalue weighted by atomic mass is 16.2. The third kappa shape index (κ3) is 7.43. The molecule has 0 unspecified atom stereocenters. The summed E-state index contributed by atoms with van der Waals surface area (Å²) in [6, 6.07) is 10.4. The number of piperidine rings is 1. The molecule has 1 aromatic carbocycles. The number of aromatic nitrogens is 2. The fraction of sp³-hybridized carbons (Fsp3) is 0.500. The van der Waals surface area contributed by atoms with Crippen molar-refractivity contribution in [1.29, 1.82) is 0 Å². The van der Waals surface area contributed by atoms with Gasteiger partial charge in [0.2, 0.25) is 5.91 Å². The largest absolute Gasteiger partial charge is 0.356 e. The molecule has 1 saturated heterocycles. The van der Waals surface area contributed by atoms with E-state index in [0.29, 0.717) is 25.7 Å². The maximum atomic E-state index is 12.9. The van der Waals surface area contributed by atoms with Crippen LogP contribution in [-0.2, 0) is 11.3 Å². The van der Waals surface area contributed by atoms with E-state index in [2.05, 4.69) is 27.1 Å². The van der Waals surface area contributed by atoms with Crippen LogP contribution in [0.3, 0.4) is 0 Å². The van der Waals surface area contributed by atoms with Gasteiger partial charge in [0.05, 0.1) is 6.20 Å². The Labute approximate surface area is 184 Å². The molecule has 1 aliphatic heterocycles. The molecule has 2 amide bonds. The summed E-state index contributed by atoms with van der Waals surface area (Å²) in [5.74, 6) is -0.250. The summed E-state index contributed by atoms with van der Waals surface area (Å²) < 4.78 is 0. The number of hydrogen-bond acceptors (Lipinski definition) is 5. The van der Waals surface area contributed by atoms with E-state index in [-0.39, 0.29) is 23.9 Å². The Morgan fingerprint density at radius 1 is 1.19 bits per heavy atom. The van der Waals surface area contributed by atoms with Gasteiger partial charge in [0.15, 0.2) is 0 Å². The first kappa shape index (κ1) is 22.9. The van der Waals surface area contributed by atoms with E-state index >= 15 is 0 Å². The van der Waals surface area contributed by atoms with Crippen molar-refractivity contribution < 1.29 is 9.59 Å². The van der Waals surface area contributed by atoms with Gasteiger partial charge in [-0.15, -0.1) is 0 Å². The van der Waals surface area contributed by atoms with Crippen LogP contribution in [0.15, 0.2) is 48.9 Å². The van der Waals surface area contributed by atoms with Crippen LogP contribution < -0.4 is 5.32 Å². The fourth-order valence-electron chi connectivity index (χ4n) is 3.95. The molecule has 3 rings (SSSR count). The number of benzene rings is 1. The molecule has 1 aromatic heterocycles. The summed E-state index contributed by atoms with van der Waals surface area (Å²) in [6.07, 6.45) is 9.57. The number of likely N-dealkylation sites (tertiary alicyclic amines) is 1. The normalized spacial score (nSPS) is 16.6. The molecule has 166 valence electrons. The Kier molecular flexibility index (Phi) is 8.97. The Bertz CT molecular complexity index is 815. The van der Waals surface area contributed by atoms with Crippen LogP contribution in [0, 0.1) is 0 Å². The van der Waals surface area contributed by atoms with Crippen molar-refractivity contribution in [3.8, 4) is 0 Å². The number of amides is 2. The molecule has 2 heterocycles. The van der Waals surface area contributed by atoms with E-state index in [0.717, 1.165) is 25.1 Å². The number of nitrogens with one attached hydrogen (secondary N) is 1. The second-order valence-electron chi connectivity index (χ2n) is 8.14. The lowest BCUT2D eigenvalue weighted by atomic mass is 10.0. The molecule has 0 radical (unpaired) electrons. The van der Waals surface area contributed by atoms with Crippen LogP contribution in [0.1, 0.15) is 55.1 Å². The molecule has 1 aliphatic rings. The fourth-order valence-corrected chi connectivity index (χ4v) is 3.95. The van der Waals surface area contributed by atoms with Gasteiger partial charge in [-0.2, -0.15) is 0 Å². The zero-order chi connectivity index (χ0) is 21.9. The molecular formula is C24H33N5O2. The van der Waals surface area contributed by atoms with Gasteiger partial charge in [-0.1, -0.05) is 36.8 Å². The van der Waals surface area contributed by atoms with Crippen molar-refractivity contribution >= 4 is 11.8 Å². The van der Waals surface area contributed by atoms with Crippen molar-refractivity contribution in [2.45, 2.75) is 51.6 Å². The lowest BCUT2D eigenvalue weighted by Crippen LogP contribution is -2.39. The monoisotopic (exact) mass is 423 g/mol. The van der Waals surface area contributed by atoms with Crippen LogP contribution in [0.25, 0.3) is 0 Å². The Morgan fingerprint density at radius 3 is 2.77 bits per heavy atom. The smallest absolute Gasteiger partial charge is 0.274 e. The molecule has 7 heteroatoms. The molecule has 0 aliphatic carbocycles. The van der Waals surface area contributed by atoms with E-state index in [1.165, 1.54) is 37.9 Å². The van der Waals surface area contributed by atoms with Gasteiger partial charge in [-0.25, -0.2) is 4.98 Å². The van der Waals surface area contributed by atoms with E-state index < -0.39 is 0 Å². The van der Waals surface area contributed by atoms with Crippen LogP contribution in [0.2, 0.25) is 0 Å². The summed E-state index contributed by atoms with van der Waals surface area (Å²) in [4.78, 5) is 37.6. The van der Waals surface area contributed by atoms with Gasteiger partial charge in [0, 0.05) is 51.0 Å². The van der Waals surface area contributed by atoms with Crippen LogP contribution in [0.4, 0.5) is 0 Å². The van der Waals surface area contributed by atoms with Gasteiger partial charge in [0.1, 0.15) is 5.69 Å². The van der Waals surface area contributed by atoms with E-state index in [1.807, 2.05) is 30.3 Å². The molecule has 0 saturated carbocycles. The summed E-state index contributed by atoms with van der Waals surface area (Å²) in [6.45, 7) is 5.89. The molecule has 2 aromatic rings. The van der Waals surface area contributed by atoms with Gasteiger partial charge in [0.25, 0.3) is 5.91 Å². The van der Waals surface area contributed by atoms with Crippen molar-refractivity contribution in [3.63, 3.8) is 0 Å². The van der Waals surface area contributed by atoms with Crippen molar-refractivity contribution in [1.82, 2.24) is 25.1 Å². The molecule has 1 atom stereocenters. The average molecular weight is 424 g/mol. The van der Waals surface area contributed by atoms with Crippen molar-refractivity contribution in [2.75, 3.05) is 26.2 Å². The quantitative estimate of drug-likeness (QED) is 0.595. The first-order valence-corrected chi connectivity index (χ1v) is 11.2. The third-order valence-corrected chi connectivity index (χ3v) is 5.78. The Hall–Kier alpha value is -2.80. The topological polar surface area (TPSA) is 78.4 Å². The molecule has 0 bridgehead atoms. The Morgan fingerprint density at radius 2 is 2.03 bits per heavy atom. The third-order valence-electron chi connectivity index (χ3n) is 5.78. The number of hydrogen-bond donors (Lipinski definition) is 1. The zero-order valence-corrected chi connectivity index (χ0v) is 18.4. The second kappa shape index (κ2) is 12.2. The highest BCUT2D eigenvalue weighted by Gasteiger charge is 2.19. The lowest BCUT2D eigenvalue weighted by Gasteiger charge is -2.33. The van der Waals surface area contributed by atoms with Crippen molar-refractivity contribution in [2.24, 2.45) is 0 Å². The lowest BCUT2D eigenvalue weighted by molar-refractivity contribution is -0.121. The van der Waals surface area contributed by atoms with Gasteiger partial charge < -0.3 is 15.1 Å². The maximum absolute atomic E-state index is 12.9. The second-order valence-corrected chi connectivity index (χ2v) is 8.14. The van der Waals surface area contributed by atoms with E-state index in [4.69, 9.17) is 0 Å².